The molecule has 0 amide bonds. The van der Waals surface area contributed by atoms with Crippen LogP contribution in [0.3, 0.4) is 0 Å². The lowest BCUT2D eigenvalue weighted by molar-refractivity contribution is 0.498. The number of benzene rings is 2. The number of hydrogen-bond acceptors (Lipinski definition) is 0. The van der Waals surface area contributed by atoms with Gasteiger partial charge in [0.1, 0.15) is 5.82 Å². The van der Waals surface area contributed by atoms with E-state index in [-0.39, 0.29) is 16.5 Å². The molecule has 19 heavy (non-hydrogen) atoms. The number of halogens is 5. The monoisotopic (exact) mass is 348 g/mol. The summed E-state index contributed by atoms with van der Waals surface area (Å²) in [7, 11) is 0. The molecule has 0 aliphatic carbocycles. The zero-order chi connectivity index (χ0) is 14.0. The van der Waals surface area contributed by atoms with Gasteiger partial charge in [0.15, 0.2) is 11.6 Å². The van der Waals surface area contributed by atoms with Crippen LogP contribution in [0.4, 0.5) is 13.2 Å². The Morgan fingerprint density at radius 2 is 1.63 bits per heavy atom. The summed E-state index contributed by atoms with van der Waals surface area (Å²) in [6.45, 7) is 0. The molecule has 2 aromatic carbocycles. The summed E-state index contributed by atoms with van der Waals surface area (Å²) in [4.78, 5) is 0. The Hall–Kier alpha value is -1.00. The Labute approximate surface area is 122 Å². The lowest BCUT2D eigenvalue weighted by atomic mass is 10.0. The summed E-state index contributed by atoms with van der Waals surface area (Å²) < 4.78 is 40.3. The van der Waals surface area contributed by atoms with Crippen molar-refractivity contribution in [3.8, 4) is 0 Å². The molecule has 0 spiro atoms. The zero-order valence-corrected chi connectivity index (χ0v) is 12.0. The highest BCUT2D eigenvalue weighted by molar-refractivity contribution is 9.10. The van der Waals surface area contributed by atoms with Gasteiger partial charge in [-0.3, -0.25) is 0 Å². The van der Waals surface area contributed by atoms with Crippen molar-refractivity contribution < 1.29 is 13.2 Å². The maximum atomic E-state index is 13.5. The van der Waals surface area contributed by atoms with Crippen LogP contribution in [0.5, 0.6) is 0 Å². The topological polar surface area (TPSA) is 0 Å². The summed E-state index contributed by atoms with van der Waals surface area (Å²) in [5.41, 5.74) is 0.668. The molecule has 5 heteroatoms. The van der Waals surface area contributed by atoms with Crippen molar-refractivity contribution in [3.05, 3.63) is 69.4 Å². The van der Waals surface area contributed by atoms with Gasteiger partial charge in [-0.15, -0.1) is 11.6 Å². The normalized spacial score (nSPS) is 12.5. The molecule has 0 fully saturated rings. The fourth-order valence-corrected chi connectivity index (χ4v) is 2.79. The SMILES string of the molecule is Fc1cccc(CC(Cl)c2cccc(F)c2Br)c1F. The summed E-state index contributed by atoms with van der Waals surface area (Å²) in [6, 6.07) is 8.37. The van der Waals surface area contributed by atoms with Gasteiger partial charge in [-0.1, -0.05) is 24.3 Å². The van der Waals surface area contributed by atoms with E-state index in [0.717, 1.165) is 6.07 Å². The molecular weight excluding hydrogens is 341 g/mol. The fraction of sp³-hybridized carbons (Fsp3) is 0.143. The number of hydrogen-bond donors (Lipinski definition) is 0. The highest BCUT2D eigenvalue weighted by atomic mass is 79.9. The molecule has 1 unspecified atom stereocenters. The van der Waals surface area contributed by atoms with E-state index >= 15 is 0 Å². The van der Waals surface area contributed by atoms with Crippen LogP contribution in [0.15, 0.2) is 40.9 Å². The summed E-state index contributed by atoms with van der Waals surface area (Å²) in [5.74, 6) is -2.27. The molecule has 2 aromatic rings. The van der Waals surface area contributed by atoms with Gasteiger partial charge >= 0.3 is 0 Å². The minimum atomic E-state index is -0.917. The molecule has 0 N–H and O–H groups in total. The molecule has 0 bridgehead atoms. The highest BCUT2D eigenvalue weighted by Gasteiger charge is 2.17. The molecule has 0 nitrogen and oxygen atoms in total. The van der Waals surface area contributed by atoms with E-state index in [1.807, 2.05) is 0 Å². The largest absolute Gasteiger partial charge is 0.206 e. The Balaban J connectivity index is 2.28. The lowest BCUT2D eigenvalue weighted by Gasteiger charge is -2.13. The van der Waals surface area contributed by atoms with Crippen LogP contribution in [-0.2, 0) is 6.42 Å². The van der Waals surface area contributed by atoms with Crippen molar-refractivity contribution >= 4 is 27.5 Å². The number of rotatable bonds is 3. The molecule has 0 saturated heterocycles. The first-order valence-corrected chi connectivity index (χ1v) is 6.74. The Kier molecular flexibility index (Phi) is 4.53. The molecule has 0 aromatic heterocycles. The maximum absolute atomic E-state index is 13.5. The second-order valence-corrected chi connectivity index (χ2v) is 5.35. The average Bonchev–Trinajstić information content (AvgIpc) is 2.38. The predicted octanol–water partition coefficient (Wildman–Crippen LogP) is 5.39. The van der Waals surface area contributed by atoms with Crippen molar-refractivity contribution in [2.45, 2.75) is 11.8 Å². The van der Waals surface area contributed by atoms with E-state index in [1.165, 1.54) is 24.3 Å². The zero-order valence-electron chi connectivity index (χ0n) is 9.64. The molecule has 100 valence electrons. The molecule has 0 heterocycles. The van der Waals surface area contributed by atoms with Gasteiger partial charge in [0.05, 0.1) is 9.85 Å². The third-order valence-corrected chi connectivity index (χ3v) is 3.98. The van der Waals surface area contributed by atoms with E-state index in [0.29, 0.717) is 5.56 Å². The highest BCUT2D eigenvalue weighted by Crippen LogP contribution is 2.33. The van der Waals surface area contributed by atoms with E-state index < -0.39 is 22.8 Å². The Morgan fingerprint density at radius 1 is 1.00 bits per heavy atom. The smallest absolute Gasteiger partial charge is 0.162 e. The maximum Gasteiger partial charge on any atom is 0.162 e. The molecule has 0 aliphatic heterocycles. The molecular formula is C14H9BrClF3. The van der Waals surface area contributed by atoms with Crippen molar-refractivity contribution in [2.24, 2.45) is 0 Å². The van der Waals surface area contributed by atoms with Gasteiger partial charge in [-0.2, -0.15) is 0 Å². The van der Waals surface area contributed by atoms with Crippen LogP contribution >= 0.6 is 27.5 Å². The first-order chi connectivity index (χ1) is 9.00. The van der Waals surface area contributed by atoms with Gasteiger partial charge in [-0.05, 0) is 45.6 Å². The Morgan fingerprint density at radius 3 is 2.37 bits per heavy atom. The van der Waals surface area contributed by atoms with E-state index in [1.54, 1.807) is 6.07 Å². The van der Waals surface area contributed by atoms with Crippen LogP contribution in [0.25, 0.3) is 0 Å². The van der Waals surface area contributed by atoms with Gasteiger partial charge in [0.2, 0.25) is 0 Å². The van der Waals surface area contributed by atoms with Crippen molar-refractivity contribution in [1.29, 1.82) is 0 Å². The molecule has 1 atom stereocenters. The van der Waals surface area contributed by atoms with Crippen molar-refractivity contribution in [1.82, 2.24) is 0 Å². The lowest BCUT2D eigenvalue weighted by Crippen LogP contribution is -2.01. The van der Waals surface area contributed by atoms with E-state index in [9.17, 15) is 13.2 Å². The summed E-state index contributed by atoms with van der Waals surface area (Å²) in [6.07, 6.45) is 0.0766. The fourth-order valence-electron chi connectivity index (χ4n) is 1.77. The first kappa shape index (κ1) is 14.4. The molecule has 0 radical (unpaired) electrons. The van der Waals surface area contributed by atoms with Crippen LogP contribution < -0.4 is 0 Å². The minimum Gasteiger partial charge on any atom is -0.206 e. The Bertz CT molecular complexity index is 601. The molecule has 0 saturated carbocycles. The third kappa shape index (κ3) is 3.12. The predicted molar refractivity (Wildman–Crippen MR) is 72.8 cm³/mol. The first-order valence-electron chi connectivity index (χ1n) is 5.51. The molecule has 2 rings (SSSR count). The van der Waals surface area contributed by atoms with Crippen LogP contribution in [0, 0.1) is 17.5 Å². The molecule has 0 aliphatic rings. The van der Waals surface area contributed by atoms with E-state index in [2.05, 4.69) is 15.9 Å². The van der Waals surface area contributed by atoms with Gasteiger partial charge in [0, 0.05) is 0 Å². The van der Waals surface area contributed by atoms with E-state index in [4.69, 9.17) is 11.6 Å². The van der Waals surface area contributed by atoms with Crippen LogP contribution in [0.2, 0.25) is 0 Å². The second-order valence-electron chi connectivity index (χ2n) is 4.03. The van der Waals surface area contributed by atoms with Gasteiger partial charge in [-0.25, -0.2) is 13.2 Å². The van der Waals surface area contributed by atoms with Crippen molar-refractivity contribution in [2.75, 3.05) is 0 Å². The quantitative estimate of drug-likeness (QED) is 0.652. The van der Waals surface area contributed by atoms with Gasteiger partial charge in [0.25, 0.3) is 0 Å². The summed E-state index contributed by atoms with van der Waals surface area (Å²) >= 11 is 9.26. The van der Waals surface area contributed by atoms with Gasteiger partial charge < -0.3 is 0 Å². The van der Waals surface area contributed by atoms with Crippen LogP contribution in [-0.4, -0.2) is 0 Å². The average molecular weight is 350 g/mol. The van der Waals surface area contributed by atoms with Crippen molar-refractivity contribution in [3.63, 3.8) is 0 Å². The minimum absolute atomic E-state index is 0.0766. The van der Waals surface area contributed by atoms with Crippen LogP contribution in [0.1, 0.15) is 16.5 Å². The third-order valence-electron chi connectivity index (χ3n) is 2.75. The second kappa shape index (κ2) is 5.97. The summed E-state index contributed by atoms with van der Waals surface area (Å²) in [5, 5.41) is -0.652. The standard InChI is InChI=1S/C14H9BrClF3/c15-13-9(4-2-5-11(13)17)10(16)7-8-3-1-6-12(18)14(8)19/h1-6,10H,7H2. The number of alkyl halides is 1.